The molecule has 1 amide bonds. The van der Waals surface area contributed by atoms with Crippen molar-refractivity contribution in [2.24, 2.45) is 5.73 Å². The molecule has 1 aromatic heterocycles. The maximum Gasteiger partial charge on any atom is 0.329 e. The van der Waals surface area contributed by atoms with Crippen LogP contribution < -0.4 is 16.4 Å². The van der Waals surface area contributed by atoms with Crippen LogP contribution >= 0.6 is 11.8 Å². The van der Waals surface area contributed by atoms with Gasteiger partial charge in [0.15, 0.2) is 0 Å². The highest BCUT2D eigenvalue weighted by atomic mass is 32.2. The maximum atomic E-state index is 12.5. The summed E-state index contributed by atoms with van der Waals surface area (Å²) in [6.45, 7) is 2.43. The molecule has 1 rings (SSSR count). The molecule has 0 aromatic carbocycles. The summed E-state index contributed by atoms with van der Waals surface area (Å²) in [5.74, 6) is -0.849. The van der Waals surface area contributed by atoms with E-state index < -0.39 is 18.1 Å². The molecule has 1 unspecified atom stereocenters. The van der Waals surface area contributed by atoms with Gasteiger partial charge in [-0.15, -0.1) is 0 Å². The van der Waals surface area contributed by atoms with Crippen LogP contribution in [0.3, 0.4) is 0 Å². The first-order valence-corrected chi connectivity index (χ1v) is 8.88. The lowest BCUT2D eigenvalue weighted by molar-refractivity contribution is -0.144. The minimum Gasteiger partial charge on any atom is -0.467 e. The van der Waals surface area contributed by atoms with Gasteiger partial charge >= 0.3 is 5.97 Å². The number of amides is 1. The number of hydrogen-bond donors (Lipinski definition) is 4. The van der Waals surface area contributed by atoms with Crippen LogP contribution in [0.5, 0.6) is 0 Å². The van der Waals surface area contributed by atoms with Crippen LogP contribution in [0.2, 0.25) is 0 Å². The summed E-state index contributed by atoms with van der Waals surface area (Å²) in [4.78, 5) is 42.3. The summed E-state index contributed by atoms with van der Waals surface area (Å²) in [6.07, 6.45) is 4.39. The van der Waals surface area contributed by atoms with Gasteiger partial charge in [0.2, 0.25) is 11.0 Å². The molecule has 10 heteroatoms. The second-order valence-electron chi connectivity index (χ2n) is 5.34. The molecule has 1 aromatic rings. The number of nitrogens with zero attached hydrogens (tertiary/aromatic N) is 1. The maximum absolute atomic E-state index is 12.5. The molecule has 1 heterocycles. The number of ether oxygens (including phenoxy) is 1. The standard InChI is InChI=1S/C15H25N5O4S/c1-10(21)20-13(14(22)24-2)8-25-15(23)12(18-5-3-4-16)6-11-7-17-9-19-11/h7,9,12-13,18H,3-6,8,16H2,1-2H3,(H,17,19)(H,20,21)/t12-,13?/m0/s1. The van der Waals surface area contributed by atoms with E-state index in [2.05, 4.69) is 25.3 Å². The lowest BCUT2D eigenvalue weighted by Gasteiger charge is -2.19. The molecule has 25 heavy (non-hydrogen) atoms. The Morgan fingerprint density at radius 3 is 2.72 bits per heavy atom. The summed E-state index contributed by atoms with van der Waals surface area (Å²) in [6, 6.07) is -1.32. The number of aromatic amines is 1. The van der Waals surface area contributed by atoms with E-state index in [0.29, 0.717) is 19.5 Å². The number of carbonyl (C=O) groups excluding carboxylic acids is 3. The van der Waals surface area contributed by atoms with Crippen molar-refractivity contribution in [1.29, 1.82) is 0 Å². The Labute approximate surface area is 150 Å². The topological polar surface area (TPSA) is 139 Å². The van der Waals surface area contributed by atoms with Gasteiger partial charge in [0.05, 0.1) is 19.5 Å². The van der Waals surface area contributed by atoms with Crippen LogP contribution in [0, 0.1) is 0 Å². The van der Waals surface area contributed by atoms with E-state index in [-0.39, 0.29) is 16.8 Å². The number of nitrogens with two attached hydrogens (primary N) is 1. The molecule has 0 saturated carbocycles. The van der Waals surface area contributed by atoms with Crippen molar-refractivity contribution in [3.05, 3.63) is 18.2 Å². The number of methoxy groups -OCH3 is 1. The molecule has 140 valence electrons. The Balaban J connectivity index is 2.64. The van der Waals surface area contributed by atoms with Crippen molar-refractivity contribution >= 4 is 28.8 Å². The molecule has 2 atom stereocenters. The van der Waals surface area contributed by atoms with Crippen molar-refractivity contribution < 1.29 is 19.1 Å². The molecule has 0 radical (unpaired) electrons. The smallest absolute Gasteiger partial charge is 0.329 e. The lowest BCUT2D eigenvalue weighted by atomic mass is 10.2. The fraction of sp³-hybridized carbons (Fsp3) is 0.600. The number of hydrogen-bond acceptors (Lipinski definition) is 8. The van der Waals surface area contributed by atoms with Crippen molar-refractivity contribution in [3.8, 4) is 0 Å². The number of nitrogens with one attached hydrogen (secondary N) is 3. The Kier molecular flexibility index (Phi) is 9.81. The second-order valence-corrected chi connectivity index (χ2v) is 6.36. The zero-order valence-electron chi connectivity index (χ0n) is 14.4. The molecule has 9 nitrogen and oxygen atoms in total. The SMILES string of the molecule is COC(=O)C(CSC(=O)[C@H](Cc1cnc[nH]1)NCCCN)NC(C)=O. The largest absolute Gasteiger partial charge is 0.467 e. The number of imidazole rings is 1. The highest BCUT2D eigenvalue weighted by molar-refractivity contribution is 8.13. The first-order chi connectivity index (χ1) is 12.0. The summed E-state index contributed by atoms with van der Waals surface area (Å²) >= 11 is 0.976. The fourth-order valence-electron chi connectivity index (χ4n) is 2.06. The van der Waals surface area contributed by atoms with E-state index >= 15 is 0 Å². The van der Waals surface area contributed by atoms with Gasteiger partial charge in [-0.25, -0.2) is 9.78 Å². The third-order valence-electron chi connectivity index (χ3n) is 3.29. The Bertz CT molecular complexity index is 552. The predicted octanol–water partition coefficient (Wildman–Crippen LogP) is -0.803. The van der Waals surface area contributed by atoms with Gasteiger partial charge in [-0.2, -0.15) is 0 Å². The van der Waals surface area contributed by atoms with Gasteiger partial charge in [0, 0.05) is 31.0 Å². The quantitative estimate of drug-likeness (QED) is 0.293. The molecule has 0 aliphatic rings. The molecular formula is C15H25N5O4S. The molecule has 0 spiro atoms. The van der Waals surface area contributed by atoms with Crippen LogP contribution in [0.4, 0.5) is 0 Å². The van der Waals surface area contributed by atoms with Crippen molar-refractivity contribution in [1.82, 2.24) is 20.6 Å². The Hall–Kier alpha value is -1.91. The van der Waals surface area contributed by atoms with Gasteiger partial charge in [-0.3, -0.25) is 9.59 Å². The summed E-state index contributed by atoms with van der Waals surface area (Å²) < 4.78 is 4.65. The van der Waals surface area contributed by atoms with Gasteiger partial charge in [0.1, 0.15) is 6.04 Å². The van der Waals surface area contributed by atoms with Crippen LogP contribution in [0.1, 0.15) is 19.0 Å². The molecule has 5 N–H and O–H groups in total. The van der Waals surface area contributed by atoms with E-state index in [1.165, 1.54) is 14.0 Å². The van der Waals surface area contributed by atoms with E-state index in [9.17, 15) is 14.4 Å². The average molecular weight is 371 g/mol. The first-order valence-electron chi connectivity index (χ1n) is 7.90. The first kappa shape index (κ1) is 21.1. The van der Waals surface area contributed by atoms with E-state index in [1.54, 1.807) is 12.5 Å². The van der Waals surface area contributed by atoms with E-state index in [0.717, 1.165) is 23.9 Å². The van der Waals surface area contributed by atoms with Crippen molar-refractivity contribution in [2.75, 3.05) is 26.0 Å². The van der Waals surface area contributed by atoms with Crippen molar-refractivity contribution in [3.63, 3.8) is 0 Å². The van der Waals surface area contributed by atoms with Gasteiger partial charge in [0.25, 0.3) is 0 Å². The second kappa shape index (κ2) is 11.6. The minimum absolute atomic E-state index is 0.100. The van der Waals surface area contributed by atoms with E-state index in [1.807, 2.05) is 0 Å². The third kappa shape index (κ3) is 8.14. The van der Waals surface area contributed by atoms with Gasteiger partial charge < -0.3 is 26.1 Å². The monoisotopic (exact) mass is 371 g/mol. The number of carbonyl (C=O) groups is 3. The molecule has 0 aliphatic heterocycles. The number of aromatic nitrogens is 2. The highest BCUT2D eigenvalue weighted by Crippen LogP contribution is 2.12. The van der Waals surface area contributed by atoms with Crippen LogP contribution in [0.25, 0.3) is 0 Å². The minimum atomic E-state index is -0.867. The Morgan fingerprint density at radius 1 is 1.40 bits per heavy atom. The van der Waals surface area contributed by atoms with Crippen LogP contribution in [0.15, 0.2) is 12.5 Å². The summed E-state index contributed by atoms with van der Waals surface area (Å²) in [7, 11) is 1.24. The number of rotatable bonds is 11. The van der Waals surface area contributed by atoms with Gasteiger partial charge in [-0.05, 0) is 19.5 Å². The molecule has 0 aliphatic carbocycles. The lowest BCUT2D eigenvalue weighted by Crippen LogP contribution is -2.44. The molecule has 0 saturated heterocycles. The summed E-state index contributed by atoms with van der Waals surface area (Å²) in [5, 5.41) is 5.51. The molecule has 0 bridgehead atoms. The van der Waals surface area contributed by atoms with Crippen LogP contribution in [-0.2, 0) is 25.5 Å². The van der Waals surface area contributed by atoms with Crippen molar-refractivity contribution in [2.45, 2.75) is 31.8 Å². The number of esters is 1. The third-order valence-corrected chi connectivity index (χ3v) is 4.36. The van der Waals surface area contributed by atoms with Crippen LogP contribution in [-0.4, -0.2) is 65.0 Å². The van der Waals surface area contributed by atoms with E-state index in [4.69, 9.17) is 5.73 Å². The predicted molar refractivity (Wildman–Crippen MR) is 94.8 cm³/mol. The normalized spacial score (nSPS) is 13.1. The molecule has 0 fully saturated rings. The fourth-order valence-corrected chi connectivity index (χ4v) is 2.97. The zero-order valence-corrected chi connectivity index (χ0v) is 15.2. The number of H-pyrrole nitrogens is 1. The zero-order chi connectivity index (χ0) is 18.7. The summed E-state index contributed by atoms with van der Waals surface area (Å²) in [5.41, 5.74) is 6.31. The highest BCUT2D eigenvalue weighted by Gasteiger charge is 2.25. The molecular weight excluding hydrogens is 346 g/mol. The van der Waals surface area contributed by atoms with Gasteiger partial charge in [-0.1, -0.05) is 11.8 Å². The Morgan fingerprint density at radius 2 is 2.16 bits per heavy atom. The average Bonchev–Trinajstić information content (AvgIpc) is 3.09. The number of thioether (sulfide) groups is 1.